The summed E-state index contributed by atoms with van der Waals surface area (Å²) in [7, 11) is 2.01. The fourth-order valence-corrected chi connectivity index (χ4v) is 2.30. The number of aryl methyl sites for hydroxylation is 3. The van der Waals surface area contributed by atoms with Crippen LogP contribution in [0.3, 0.4) is 0 Å². The fraction of sp³-hybridized carbons (Fsp3) is 0.286. The summed E-state index contributed by atoms with van der Waals surface area (Å²) in [5, 5.41) is 0. The lowest BCUT2D eigenvalue weighted by molar-refractivity contribution is 0.530. The first-order chi connectivity index (χ1) is 9.10. The molecule has 1 aromatic carbocycles. The quantitative estimate of drug-likeness (QED) is 0.765. The Morgan fingerprint density at radius 2 is 2.11 bits per heavy atom. The third-order valence-corrected chi connectivity index (χ3v) is 3.41. The Kier molecular flexibility index (Phi) is 2.55. The minimum absolute atomic E-state index is 0.212. The van der Waals surface area contributed by atoms with Crippen molar-refractivity contribution in [3.8, 4) is 11.3 Å². The number of anilines is 1. The number of imidazole rings is 1. The van der Waals surface area contributed by atoms with Crippen LogP contribution in [0.5, 0.6) is 0 Å². The van der Waals surface area contributed by atoms with Crippen molar-refractivity contribution in [1.82, 2.24) is 14.5 Å². The molecule has 2 heterocycles. The third kappa shape index (κ3) is 1.78. The van der Waals surface area contributed by atoms with E-state index >= 15 is 0 Å². The second kappa shape index (κ2) is 4.12. The highest BCUT2D eigenvalue weighted by molar-refractivity contribution is 5.82. The van der Waals surface area contributed by atoms with Crippen LogP contribution in [0.4, 0.5) is 6.01 Å². The first-order valence-electron chi connectivity index (χ1n) is 6.28. The Hall–Kier alpha value is -2.30. The molecule has 0 saturated heterocycles. The van der Waals surface area contributed by atoms with E-state index in [-0.39, 0.29) is 6.01 Å². The zero-order valence-corrected chi connectivity index (χ0v) is 11.3. The SMILES string of the molecule is CCc1oc(N)nc1-c1ccc2c(c1)nc(C)n2C. The van der Waals surface area contributed by atoms with Crippen LogP contribution < -0.4 is 5.73 Å². The van der Waals surface area contributed by atoms with Gasteiger partial charge in [0.2, 0.25) is 0 Å². The van der Waals surface area contributed by atoms with Crippen molar-refractivity contribution in [3.63, 3.8) is 0 Å². The second-order valence-electron chi connectivity index (χ2n) is 4.60. The van der Waals surface area contributed by atoms with E-state index in [1.165, 1.54) is 0 Å². The standard InChI is InChI=1S/C14H16N4O/c1-4-12-13(17-14(15)19-12)9-5-6-11-10(7-9)16-8(2)18(11)3/h5-7H,4H2,1-3H3,(H2,15,17). The lowest BCUT2D eigenvalue weighted by atomic mass is 10.1. The highest BCUT2D eigenvalue weighted by atomic mass is 16.4. The second-order valence-corrected chi connectivity index (χ2v) is 4.60. The minimum atomic E-state index is 0.212. The maximum absolute atomic E-state index is 5.64. The van der Waals surface area contributed by atoms with E-state index < -0.39 is 0 Å². The summed E-state index contributed by atoms with van der Waals surface area (Å²) in [4.78, 5) is 8.80. The minimum Gasteiger partial charge on any atom is -0.428 e. The van der Waals surface area contributed by atoms with E-state index in [0.29, 0.717) is 0 Å². The zero-order valence-electron chi connectivity index (χ0n) is 11.3. The molecule has 2 aromatic heterocycles. The normalized spacial score (nSPS) is 11.3. The summed E-state index contributed by atoms with van der Waals surface area (Å²) in [5.74, 6) is 1.80. The molecule has 0 unspecified atom stereocenters. The van der Waals surface area contributed by atoms with Crippen molar-refractivity contribution in [1.29, 1.82) is 0 Å². The fourth-order valence-electron chi connectivity index (χ4n) is 2.30. The number of oxazole rings is 1. The van der Waals surface area contributed by atoms with Gasteiger partial charge in [0.05, 0.1) is 11.0 Å². The molecule has 0 aliphatic rings. The number of aromatic nitrogens is 3. The number of hydrogen-bond acceptors (Lipinski definition) is 4. The maximum Gasteiger partial charge on any atom is 0.292 e. The molecule has 3 rings (SSSR count). The first kappa shape index (κ1) is 11.8. The molecule has 5 heteroatoms. The molecule has 0 aliphatic carbocycles. The largest absolute Gasteiger partial charge is 0.428 e. The number of fused-ring (bicyclic) bond motifs is 1. The van der Waals surface area contributed by atoms with Crippen LogP contribution in [-0.4, -0.2) is 14.5 Å². The van der Waals surface area contributed by atoms with E-state index in [1.807, 2.05) is 33.0 Å². The van der Waals surface area contributed by atoms with Gasteiger partial charge >= 0.3 is 0 Å². The van der Waals surface area contributed by atoms with Crippen molar-refractivity contribution in [2.75, 3.05) is 5.73 Å². The monoisotopic (exact) mass is 256 g/mol. The van der Waals surface area contributed by atoms with Gasteiger partial charge < -0.3 is 14.7 Å². The zero-order chi connectivity index (χ0) is 13.6. The molecule has 3 aromatic rings. The van der Waals surface area contributed by atoms with Gasteiger partial charge in [0.1, 0.15) is 17.3 Å². The molecule has 0 saturated carbocycles. The maximum atomic E-state index is 5.64. The molecule has 0 fully saturated rings. The van der Waals surface area contributed by atoms with Gasteiger partial charge in [-0.3, -0.25) is 0 Å². The Morgan fingerprint density at radius 1 is 1.32 bits per heavy atom. The van der Waals surface area contributed by atoms with Crippen LogP contribution in [0.15, 0.2) is 22.6 Å². The molecule has 0 aliphatic heterocycles. The van der Waals surface area contributed by atoms with Crippen molar-refractivity contribution in [2.24, 2.45) is 7.05 Å². The van der Waals surface area contributed by atoms with Crippen molar-refractivity contribution < 1.29 is 4.42 Å². The lowest BCUT2D eigenvalue weighted by Crippen LogP contribution is -1.90. The van der Waals surface area contributed by atoms with Gasteiger partial charge in [0.15, 0.2) is 0 Å². The number of rotatable bonds is 2. The summed E-state index contributed by atoms with van der Waals surface area (Å²) in [5.41, 5.74) is 9.50. The van der Waals surface area contributed by atoms with Crippen LogP contribution in [0, 0.1) is 6.92 Å². The van der Waals surface area contributed by atoms with Crippen LogP contribution in [0.2, 0.25) is 0 Å². The van der Waals surface area contributed by atoms with Gasteiger partial charge in [-0.2, -0.15) is 4.98 Å². The number of nitrogens with two attached hydrogens (primary N) is 1. The number of nitrogen functional groups attached to an aromatic ring is 1. The predicted octanol–water partition coefficient (Wildman–Crippen LogP) is 2.68. The Morgan fingerprint density at radius 3 is 2.84 bits per heavy atom. The topological polar surface area (TPSA) is 69.9 Å². The molecule has 0 bridgehead atoms. The summed E-state index contributed by atoms with van der Waals surface area (Å²) < 4.78 is 7.47. The third-order valence-electron chi connectivity index (χ3n) is 3.41. The number of hydrogen-bond donors (Lipinski definition) is 1. The predicted molar refractivity (Wildman–Crippen MR) is 74.7 cm³/mol. The van der Waals surface area contributed by atoms with E-state index in [0.717, 1.165) is 40.3 Å². The summed E-state index contributed by atoms with van der Waals surface area (Å²) in [6, 6.07) is 6.32. The van der Waals surface area contributed by atoms with Crippen LogP contribution in [-0.2, 0) is 13.5 Å². The van der Waals surface area contributed by atoms with Gasteiger partial charge in [0, 0.05) is 19.0 Å². The molecule has 0 radical (unpaired) electrons. The van der Waals surface area contributed by atoms with E-state index in [9.17, 15) is 0 Å². The average Bonchev–Trinajstić information content (AvgIpc) is 2.91. The molecule has 0 amide bonds. The van der Waals surface area contributed by atoms with Crippen molar-refractivity contribution >= 4 is 17.0 Å². The molecular formula is C14H16N4O. The van der Waals surface area contributed by atoms with Gasteiger partial charge in [-0.05, 0) is 19.1 Å². The lowest BCUT2D eigenvalue weighted by Gasteiger charge is -2.00. The molecule has 5 nitrogen and oxygen atoms in total. The highest BCUT2D eigenvalue weighted by Crippen LogP contribution is 2.28. The number of nitrogens with zero attached hydrogens (tertiary/aromatic N) is 3. The van der Waals surface area contributed by atoms with E-state index in [2.05, 4.69) is 20.6 Å². The van der Waals surface area contributed by atoms with Gasteiger partial charge in [-0.25, -0.2) is 4.98 Å². The van der Waals surface area contributed by atoms with Crippen molar-refractivity contribution in [2.45, 2.75) is 20.3 Å². The summed E-state index contributed by atoms with van der Waals surface area (Å²) in [6.45, 7) is 4.01. The van der Waals surface area contributed by atoms with E-state index in [1.54, 1.807) is 0 Å². The Labute approximate surface area is 111 Å². The Balaban J connectivity index is 2.20. The molecule has 0 spiro atoms. The molecule has 98 valence electrons. The molecule has 19 heavy (non-hydrogen) atoms. The van der Waals surface area contributed by atoms with Crippen LogP contribution in [0.25, 0.3) is 22.3 Å². The molecular weight excluding hydrogens is 240 g/mol. The summed E-state index contributed by atoms with van der Waals surface area (Å²) in [6.07, 6.45) is 0.763. The average molecular weight is 256 g/mol. The first-order valence-corrected chi connectivity index (χ1v) is 6.28. The smallest absolute Gasteiger partial charge is 0.292 e. The van der Waals surface area contributed by atoms with Gasteiger partial charge in [-0.15, -0.1) is 0 Å². The van der Waals surface area contributed by atoms with Gasteiger partial charge in [-0.1, -0.05) is 13.0 Å². The number of benzene rings is 1. The van der Waals surface area contributed by atoms with Crippen LogP contribution in [0.1, 0.15) is 18.5 Å². The van der Waals surface area contributed by atoms with Gasteiger partial charge in [0.25, 0.3) is 6.01 Å². The summed E-state index contributed by atoms with van der Waals surface area (Å²) >= 11 is 0. The highest BCUT2D eigenvalue weighted by Gasteiger charge is 2.13. The van der Waals surface area contributed by atoms with E-state index in [4.69, 9.17) is 10.2 Å². The van der Waals surface area contributed by atoms with Crippen LogP contribution >= 0.6 is 0 Å². The molecule has 0 atom stereocenters. The Bertz CT molecular complexity index is 754. The molecule has 2 N–H and O–H groups in total. The van der Waals surface area contributed by atoms with Crippen molar-refractivity contribution in [3.05, 3.63) is 29.8 Å².